The zero-order valence-electron chi connectivity index (χ0n) is 19.8. The third kappa shape index (κ3) is 4.79. The first-order valence-corrected chi connectivity index (χ1v) is 11.4. The fraction of sp³-hybridized carbons (Fsp3) is 0.115. The van der Waals surface area contributed by atoms with E-state index in [1.165, 1.54) is 4.68 Å². The van der Waals surface area contributed by atoms with E-state index < -0.39 is 11.6 Å². The summed E-state index contributed by atoms with van der Waals surface area (Å²) in [5.41, 5.74) is 13.9. The first kappa shape index (κ1) is 23.8. The number of anilines is 2. The predicted molar refractivity (Wildman–Crippen MR) is 137 cm³/mol. The van der Waals surface area contributed by atoms with E-state index in [2.05, 4.69) is 25.3 Å². The van der Waals surface area contributed by atoms with Crippen LogP contribution < -0.4 is 16.2 Å². The van der Waals surface area contributed by atoms with Gasteiger partial charge in [0.05, 0.1) is 24.4 Å². The largest absolute Gasteiger partial charge is 0.494 e. The molecule has 0 saturated carbocycles. The van der Waals surface area contributed by atoms with E-state index in [1.54, 1.807) is 37.3 Å². The normalized spacial score (nSPS) is 11.4. The minimum absolute atomic E-state index is 0.0180. The Morgan fingerprint density at radius 3 is 2.22 bits per heavy atom. The molecule has 0 amide bonds. The maximum Gasteiger partial charge on any atom is 0.184 e. The van der Waals surface area contributed by atoms with Gasteiger partial charge >= 0.3 is 0 Å². The van der Waals surface area contributed by atoms with Crippen LogP contribution in [0.1, 0.15) is 12.5 Å². The van der Waals surface area contributed by atoms with Crippen LogP contribution in [-0.2, 0) is 6.54 Å². The van der Waals surface area contributed by atoms with Gasteiger partial charge < -0.3 is 16.2 Å². The molecule has 0 aliphatic heterocycles. The molecule has 0 fully saturated rings. The van der Waals surface area contributed by atoms with E-state index in [9.17, 15) is 8.78 Å². The molecule has 0 bridgehead atoms. The molecule has 2 heterocycles. The van der Waals surface area contributed by atoms with Crippen molar-refractivity contribution in [3.8, 4) is 17.3 Å². The van der Waals surface area contributed by atoms with Gasteiger partial charge in [-0.1, -0.05) is 36.4 Å². The topological polar surface area (TPSA) is 130 Å². The number of azo groups is 1. The third-order valence-electron chi connectivity index (χ3n) is 5.56. The zero-order chi connectivity index (χ0) is 25.9. The summed E-state index contributed by atoms with van der Waals surface area (Å²) in [5.74, 6) is -1.16. The number of nitrogen functional groups attached to an aromatic ring is 2. The Morgan fingerprint density at radius 2 is 1.54 bits per heavy atom. The Kier molecular flexibility index (Phi) is 6.42. The molecule has 3 aromatic carbocycles. The summed E-state index contributed by atoms with van der Waals surface area (Å²) < 4.78 is 36.2. The maximum atomic E-state index is 14.8. The Labute approximate surface area is 210 Å². The van der Waals surface area contributed by atoms with Gasteiger partial charge in [-0.15, -0.1) is 5.11 Å². The lowest BCUT2D eigenvalue weighted by Crippen LogP contribution is -2.08. The van der Waals surface area contributed by atoms with Gasteiger partial charge in [0, 0.05) is 23.1 Å². The SMILES string of the molecule is CCOc1cc(F)c(Cn2nc(-c3nc(N)c(/N=N/c4ccccc4)c(N)n3)c3ccccc32)c(F)c1. The fourth-order valence-electron chi connectivity index (χ4n) is 3.84. The average molecular weight is 501 g/mol. The summed E-state index contributed by atoms with van der Waals surface area (Å²) in [5, 5.41) is 13.4. The monoisotopic (exact) mass is 500 g/mol. The van der Waals surface area contributed by atoms with Gasteiger partial charge in [0.1, 0.15) is 23.1 Å². The predicted octanol–water partition coefficient (Wildman–Crippen LogP) is 5.80. The van der Waals surface area contributed by atoms with Crippen LogP contribution in [0.15, 0.2) is 77.0 Å². The summed E-state index contributed by atoms with van der Waals surface area (Å²) in [6, 6.07) is 18.6. The lowest BCUT2D eigenvalue weighted by atomic mass is 10.1. The van der Waals surface area contributed by atoms with Crippen LogP contribution in [0, 0.1) is 11.6 Å². The zero-order valence-corrected chi connectivity index (χ0v) is 19.8. The van der Waals surface area contributed by atoms with E-state index >= 15 is 0 Å². The molecule has 5 rings (SSSR count). The number of benzene rings is 3. The van der Waals surface area contributed by atoms with Crippen molar-refractivity contribution < 1.29 is 13.5 Å². The second-order valence-corrected chi connectivity index (χ2v) is 8.02. The highest BCUT2D eigenvalue weighted by atomic mass is 19.1. The number of ether oxygens (including phenoxy) is 1. The molecule has 0 aliphatic carbocycles. The Bertz CT molecular complexity index is 1570. The summed E-state index contributed by atoms with van der Waals surface area (Å²) in [4.78, 5) is 8.69. The number of nitrogens with two attached hydrogens (primary N) is 2. The highest BCUT2D eigenvalue weighted by Gasteiger charge is 2.20. The van der Waals surface area contributed by atoms with Crippen molar-refractivity contribution in [2.24, 2.45) is 10.2 Å². The number of para-hydroxylation sites is 1. The van der Waals surface area contributed by atoms with E-state index in [-0.39, 0.29) is 41.0 Å². The molecular formula is C26H22F2N8O. The second kappa shape index (κ2) is 9.97. The Balaban J connectivity index is 1.53. The highest BCUT2D eigenvalue weighted by Crippen LogP contribution is 2.33. The maximum absolute atomic E-state index is 14.8. The molecule has 0 atom stereocenters. The van der Waals surface area contributed by atoms with Crippen molar-refractivity contribution in [3.63, 3.8) is 0 Å². The Morgan fingerprint density at radius 1 is 0.892 bits per heavy atom. The van der Waals surface area contributed by atoms with Crippen molar-refractivity contribution in [1.82, 2.24) is 19.7 Å². The molecule has 0 aliphatic rings. The number of nitrogens with zero attached hydrogens (tertiary/aromatic N) is 6. The Hall–Kier alpha value is -4.93. The molecule has 5 aromatic rings. The van der Waals surface area contributed by atoms with Crippen LogP contribution in [0.25, 0.3) is 22.4 Å². The summed E-state index contributed by atoms with van der Waals surface area (Å²) >= 11 is 0. The minimum Gasteiger partial charge on any atom is -0.494 e. The lowest BCUT2D eigenvalue weighted by molar-refractivity contribution is 0.335. The molecule has 186 valence electrons. The van der Waals surface area contributed by atoms with Gasteiger partial charge in [-0.25, -0.2) is 18.7 Å². The van der Waals surface area contributed by atoms with Gasteiger partial charge in [-0.2, -0.15) is 10.2 Å². The second-order valence-electron chi connectivity index (χ2n) is 8.02. The van der Waals surface area contributed by atoms with Crippen molar-refractivity contribution in [2.45, 2.75) is 13.5 Å². The van der Waals surface area contributed by atoms with Crippen LogP contribution in [0.5, 0.6) is 5.75 Å². The summed E-state index contributed by atoms with van der Waals surface area (Å²) in [7, 11) is 0. The quantitative estimate of drug-likeness (QED) is 0.272. The molecular weight excluding hydrogens is 478 g/mol. The van der Waals surface area contributed by atoms with Crippen LogP contribution in [-0.4, -0.2) is 26.4 Å². The fourth-order valence-corrected chi connectivity index (χ4v) is 3.84. The minimum atomic E-state index is -0.734. The summed E-state index contributed by atoms with van der Waals surface area (Å²) in [6.07, 6.45) is 0. The number of fused-ring (bicyclic) bond motifs is 1. The van der Waals surface area contributed by atoms with Crippen molar-refractivity contribution in [1.29, 1.82) is 0 Å². The molecule has 0 radical (unpaired) electrons. The van der Waals surface area contributed by atoms with E-state index in [0.717, 1.165) is 12.1 Å². The van der Waals surface area contributed by atoms with Crippen molar-refractivity contribution in [3.05, 3.63) is 83.9 Å². The van der Waals surface area contributed by atoms with Crippen LogP contribution >= 0.6 is 0 Å². The van der Waals surface area contributed by atoms with E-state index in [4.69, 9.17) is 16.2 Å². The molecule has 9 nitrogen and oxygen atoms in total. The number of hydrogen-bond acceptors (Lipinski definition) is 8. The molecule has 37 heavy (non-hydrogen) atoms. The van der Waals surface area contributed by atoms with Crippen LogP contribution in [0.2, 0.25) is 0 Å². The van der Waals surface area contributed by atoms with Crippen LogP contribution in [0.3, 0.4) is 0 Å². The highest BCUT2D eigenvalue weighted by molar-refractivity contribution is 5.92. The molecule has 0 unspecified atom stereocenters. The number of aromatic nitrogens is 4. The average Bonchev–Trinajstić information content (AvgIpc) is 3.25. The van der Waals surface area contributed by atoms with Crippen molar-refractivity contribution in [2.75, 3.05) is 18.1 Å². The molecule has 11 heteroatoms. The first-order valence-electron chi connectivity index (χ1n) is 11.4. The third-order valence-corrected chi connectivity index (χ3v) is 5.56. The molecule has 0 spiro atoms. The van der Waals surface area contributed by atoms with Gasteiger partial charge in [0.25, 0.3) is 0 Å². The van der Waals surface area contributed by atoms with Gasteiger partial charge in [0.15, 0.2) is 23.1 Å². The lowest BCUT2D eigenvalue weighted by Gasteiger charge is -2.09. The van der Waals surface area contributed by atoms with E-state index in [0.29, 0.717) is 28.9 Å². The van der Waals surface area contributed by atoms with Crippen LogP contribution in [0.4, 0.5) is 31.8 Å². The smallest absolute Gasteiger partial charge is 0.184 e. The number of halogens is 2. The first-order chi connectivity index (χ1) is 17.9. The van der Waals surface area contributed by atoms with Gasteiger partial charge in [-0.3, -0.25) is 4.68 Å². The van der Waals surface area contributed by atoms with E-state index in [1.807, 2.05) is 24.3 Å². The molecule has 4 N–H and O–H groups in total. The standard InChI is InChI=1S/C26H22F2N8O/c1-2-37-16-12-19(27)18(20(28)13-16)14-36-21-11-7-6-10-17(21)22(35-36)26-31-24(29)23(25(30)32-26)34-33-15-8-4-3-5-9-15/h3-13H,2,14H2,1H3,(H4,29,30,31,32)/b34-33+. The van der Waals surface area contributed by atoms with Crippen molar-refractivity contribution >= 4 is 33.9 Å². The number of hydrogen-bond donors (Lipinski definition) is 2. The molecule has 0 saturated heterocycles. The number of rotatable bonds is 7. The van der Waals surface area contributed by atoms with Gasteiger partial charge in [-0.05, 0) is 25.1 Å². The summed E-state index contributed by atoms with van der Waals surface area (Å²) in [6.45, 7) is 1.87. The molecule has 2 aromatic heterocycles. The van der Waals surface area contributed by atoms with Gasteiger partial charge in [0.2, 0.25) is 0 Å².